The quantitative estimate of drug-likeness (QED) is 0.365. The number of likely N-dealkylation sites (N-methyl/N-ethyl adjacent to an activating group) is 1. The van der Waals surface area contributed by atoms with Crippen molar-refractivity contribution in [2.45, 2.75) is 45.0 Å². The second kappa shape index (κ2) is 10.8. The van der Waals surface area contributed by atoms with Gasteiger partial charge in [0.05, 0.1) is 34.5 Å². The van der Waals surface area contributed by atoms with Gasteiger partial charge in [0.15, 0.2) is 0 Å². The van der Waals surface area contributed by atoms with Crippen molar-refractivity contribution in [3.8, 4) is 0 Å². The molecular formula is C22H35N7OS. The van der Waals surface area contributed by atoms with E-state index in [9.17, 15) is 4.79 Å². The highest BCUT2D eigenvalue weighted by Crippen LogP contribution is 2.30. The van der Waals surface area contributed by atoms with Gasteiger partial charge in [-0.3, -0.25) is 15.2 Å². The van der Waals surface area contributed by atoms with E-state index < -0.39 is 5.50 Å². The third kappa shape index (κ3) is 5.86. The van der Waals surface area contributed by atoms with Crippen molar-refractivity contribution >= 4 is 45.3 Å². The molecule has 4 rings (SSSR count). The SMILES string of the molecule is CC.CN1CCN(c2cnc3ccc(NC(N)SC(=N)C4CCCC4)nc3c2)CC1=O.[HH]. The van der Waals surface area contributed by atoms with E-state index >= 15 is 0 Å². The maximum atomic E-state index is 12.0. The molecule has 170 valence electrons. The van der Waals surface area contributed by atoms with Crippen LogP contribution in [0.2, 0.25) is 0 Å². The minimum atomic E-state index is -0.417. The van der Waals surface area contributed by atoms with Crippen LogP contribution >= 0.6 is 11.8 Å². The highest BCUT2D eigenvalue weighted by molar-refractivity contribution is 8.14. The maximum absolute atomic E-state index is 12.0. The number of thioether (sulfide) groups is 1. The molecule has 2 fully saturated rings. The molecule has 1 aliphatic heterocycles. The number of nitrogens with one attached hydrogen (secondary N) is 2. The predicted octanol–water partition coefficient (Wildman–Crippen LogP) is 3.74. The summed E-state index contributed by atoms with van der Waals surface area (Å²) in [6.45, 7) is 5.83. The van der Waals surface area contributed by atoms with Gasteiger partial charge in [0, 0.05) is 27.5 Å². The van der Waals surface area contributed by atoms with Crippen LogP contribution in [0.4, 0.5) is 11.5 Å². The van der Waals surface area contributed by atoms with Crippen LogP contribution in [0.3, 0.4) is 0 Å². The number of aromatic nitrogens is 2. The van der Waals surface area contributed by atoms with Crippen molar-refractivity contribution in [2.75, 3.05) is 36.9 Å². The molecule has 2 aromatic heterocycles. The van der Waals surface area contributed by atoms with Gasteiger partial charge in [-0.05, 0) is 31.0 Å². The summed E-state index contributed by atoms with van der Waals surface area (Å²) in [5, 5.41) is 12.1. The Balaban J connectivity index is 0.00000118. The lowest BCUT2D eigenvalue weighted by Gasteiger charge is -2.33. The van der Waals surface area contributed by atoms with Crippen LogP contribution in [0.25, 0.3) is 11.0 Å². The second-order valence-electron chi connectivity index (χ2n) is 7.69. The molecule has 1 saturated carbocycles. The van der Waals surface area contributed by atoms with E-state index in [4.69, 9.17) is 11.1 Å². The molecule has 1 atom stereocenters. The average molecular weight is 446 g/mol. The van der Waals surface area contributed by atoms with Crippen LogP contribution in [-0.2, 0) is 4.79 Å². The fourth-order valence-corrected chi connectivity index (χ4v) is 4.71. The second-order valence-corrected chi connectivity index (χ2v) is 8.88. The molecule has 0 spiro atoms. The number of pyridine rings is 2. The molecular weight excluding hydrogens is 410 g/mol. The average Bonchev–Trinajstić information content (AvgIpc) is 3.32. The Morgan fingerprint density at radius 2 is 2.03 bits per heavy atom. The van der Waals surface area contributed by atoms with Crippen molar-refractivity contribution in [1.82, 2.24) is 14.9 Å². The minimum absolute atomic E-state index is 0. The van der Waals surface area contributed by atoms with Gasteiger partial charge in [-0.25, -0.2) is 4.98 Å². The van der Waals surface area contributed by atoms with E-state index in [0.29, 0.717) is 29.9 Å². The number of carbonyl (C=O) groups is 1. The number of nitrogens with two attached hydrogens (primary N) is 1. The number of hydrogen-bond donors (Lipinski definition) is 3. The zero-order valence-electron chi connectivity index (χ0n) is 18.6. The highest BCUT2D eigenvalue weighted by atomic mass is 32.2. The predicted molar refractivity (Wildman–Crippen MR) is 132 cm³/mol. The van der Waals surface area contributed by atoms with Crippen molar-refractivity contribution in [2.24, 2.45) is 11.7 Å². The first kappa shape index (κ1) is 23.3. The Labute approximate surface area is 190 Å². The van der Waals surface area contributed by atoms with E-state index in [2.05, 4.69) is 15.3 Å². The molecule has 0 bridgehead atoms. The number of anilines is 2. The normalized spacial score (nSPS) is 18.0. The van der Waals surface area contributed by atoms with Gasteiger partial charge in [-0.15, -0.1) is 0 Å². The maximum Gasteiger partial charge on any atom is 0.241 e. The monoisotopic (exact) mass is 445 g/mol. The molecule has 2 aliphatic rings. The van der Waals surface area contributed by atoms with Crippen molar-refractivity contribution < 1.29 is 6.22 Å². The van der Waals surface area contributed by atoms with Gasteiger partial charge in [-0.2, -0.15) is 0 Å². The smallest absolute Gasteiger partial charge is 0.241 e. The molecule has 0 radical (unpaired) electrons. The number of carbonyl (C=O) groups excluding carboxylic acids is 1. The summed E-state index contributed by atoms with van der Waals surface area (Å²) in [5.74, 6) is 1.12. The lowest BCUT2D eigenvalue weighted by molar-refractivity contribution is -0.129. The largest absolute Gasteiger partial charge is 0.359 e. The Hall–Kier alpha value is -2.39. The van der Waals surface area contributed by atoms with Gasteiger partial charge < -0.3 is 20.9 Å². The molecule has 8 nitrogen and oxygen atoms in total. The summed E-state index contributed by atoms with van der Waals surface area (Å²) >= 11 is 1.37. The number of fused-ring (bicyclic) bond motifs is 1. The van der Waals surface area contributed by atoms with Crippen molar-refractivity contribution in [3.05, 3.63) is 24.4 Å². The molecule has 31 heavy (non-hydrogen) atoms. The standard InChI is InChI=1S/C20H27N7OS.C2H6.H2/c1-26-8-9-27(12-18(26)28)14-10-16-15(23-11-14)6-7-17(24-16)25-20(22)29-19(21)13-4-2-3-5-13;1-2;/h6-7,10-11,13,20-21H,2-5,8-9,12,22H2,1H3,(H,24,25);1-2H3;1H. The fraction of sp³-hybridized carbons (Fsp3) is 0.545. The summed E-state index contributed by atoms with van der Waals surface area (Å²) < 4.78 is 0. The van der Waals surface area contributed by atoms with Gasteiger partial charge in [-0.1, -0.05) is 38.5 Å². The zero-order chi connectivity index (χ0) is 22.4. The number of amides is 1. The Morgan fingerprint density at radius 3 is 2.74 bits per heavy atom. The first-order chi connectivity index (χ1) is 15.0. The molecule has 1 unspecified atom stereocenters. The number of rotatable bonds is 5. The van der Waals surface area contributed by atoms with Crippen LogP contribution in [0, 0.1) is 11.3 Å². The van der Waals surface area contributed by atoms with Crippen LogP contribution in [-0.4, -0.2) is 58.0 Å². The Kier molecular flexibility index (Phi) is 8.09. The molecule has 2 aromatic rings. The molecule has 1 saturated heterocycles. The minimum Gasteiger partial charge on any atom is -0.359 e. The lowest BCUT2D eigenvalue weighted by Crippen LogP contribution is -2.48. The van der Waals surface area contributed by atoms with Gasteiger partial charge in [0.1, 0.15) is 11.3 Å². The van der Waals surface area contributed by atoms with E-state index in [1.165, 1.54) is 24.6 Å². The third-order valence-electron chi connectivity index (χ3n) is 5.62. The van der Waals surface area contributed by atoms with E-state index in [1.54, 1.807) is 11.1 Å². The molecule has 4 N–H and O–H groups in total. The highest BCUT2D eigenvalue weighted by Gasteiger charge is 2.23. The summed E-state index contributed by atoms with van der Waals surface area (Å²) in [6.07, 6.45) is 6.39. The topological polar surface area (TPSA) is 111 Å². The number of nitrogens with zero attached hydrogens (tertiary/aromatic N) is 4. The molecule has 1 aliphatic carbocycles. The number of hydrogen-bond acceptors (Lipinski definition) is 8. The first-order valence-electron chi connectivity index (χ1n) is 11.0. The van der Waals surface area contributed by atoms with Crippen LogP contribution in [0.1, 0.15) is 41.0 Å². The molecule has 1 amide bonds. The summed E-state index contributed by atoms with van der Waals surface area (Å²) in [7, 11) is 1.82. The van der Waals surface area contributed by atoms with Crippen LogP contribution in [0.5, 0.6) is 0 Å². The van der Waals surface area contributed by atoms with Crippen molar-refractivity contribution in [3.63, 3.8) is 0 Å². The van der Waals surface area contributed by atoms with Crippen molar-refractivity contribution in [1.29, 1.82) is 5.41 Å². The number of piperazine rings is 1. The van der Waals surface area contributed by atoms with E-state index in [-0.39, 0.29) is 7.33 Å². The molecule has 3 heterocycles. The van der Waals surface area contributed by atoms with E-state index in [1.807, 2.05) is 44.0 Å². The lowest BCUT2D eigenvalue weighted by atomic mass is 10.1. The van der Waals surface area contributed by atoms with Crippen LogP contribution < -0.4 is 16.0 Å². The van der Waals surface area contributed by atoms with Gasteiger partial charge in [0.2, 0.25) is 5.91 Å². The zero-order valence-corrected chi connectivity index (χ0v) is 19.4. The van der Waals surface area contributed by atoms with Gasteiger partial charge >= 0.3 is 0 Å². The fourth-order valence-electron chi connectivity index (χ4n) is 3.82. The Bertz CT molecular complexity index is 922. The molecule has 0 aromatic carbocycles. The van der Waals surface area contributed by atoms with Gasteiger partial charge in [0.25, 0.3) is 0 Å². The summed E-state index contributed by atoms with van der Waals surface area (Å²) in [5.41, 5.74) is 8.22. The third-order valence-corrected chi connectivity index (χ3v) is 6.57. The molecule has 9 heteroatoms. The van der Waals surface area contributed by atoms with E-state index in [0.717, 1.165) is 36.1 Å². The first-order valence-corrected chi connectivity index (χ1v) is 11.9. The Morgan fingerprint density at radius 1 is 1.29 bits per heavy atom. The summed E-state index contributed by atoms with van der Waals surface area (Å²) in [6, 6.07) is 5.72. The van der Waals surface area contributed by atoms with Crippen LogP contribution in [0.15, 0.2) is 24.4 Å². The summed E-state index contributed by atoms with van der Waals surface area (Å²) in [4.78, 5) is 24.9.